The molecule has 276 valence electrons. The van der Waals surface area contributed by atoms with Crippen LogP contribution in [0.5, 0.6) is 0 Å². The molecular formula is H46P46. The first-order valence-corrected chi connectivity index (χ1v) is 92.9. The molecular weight excluding hydrogens is 1420 g/mol. The zero-order valence-electron chi connectivity index (χ0n) is 23.5. The highest BCUT2D eigenvalue weighted by Crippen LogP contribution is 3.45. The molecule has 0 aromatic carbocycles. The fourth-order valence-electron chi connectivity index (χ4n) is 2.65. The van der Waals surface area contributed by atoms with Gasteiger partial charge in [0, 0.05) is 0 Å². The van der Waals surface area contributed by atoms with Crippen molar-refractivity contribution in [1.82, 2.24) is 0 Å². The Morgan fingerprint density at radius 1 is 0.174 bits per heavy atom. The summed E-state index contributed by atoms with van der Waals surface area (Å²) < 4.78 is 0. The first kappa shape index (κ1) is 65.8. The van der Waals surface area contributed by atoms with Crippen LogP contribution in [-0.2, 0) is 0 Å². The summed E-state index contributed by atoms with van der Waals surface area (Å²) in [6.07, 6.45) is 0. The van der Waals surface area contributed by atoms with Gasteiger partial charge in [0.2, 0.25) is 0 Å². The van der Waals surface area contributed by atoms with Gasteiger partial charge in [-0.3, -0.25) is 0 Å². The molecule has 24 atom stereocenters. The average molecular weight is 1470 g/mol. The minimum Gasteiger partial charge on any atom is -0.102 e. The van der Waals surface area contributed by atoms with Crippen molar-refractivity contribution >= 4 is 368 Å². The van der Waals surface area contributed by atoms with Crippen molar-refractivity contribution in [2.24, 2.45) is 0 Å². The normalized spacial score (nSPS) is 14.5. The van der Waals surface area contributed by atoms with Crippen LogP contribution in [0.2, 0.25) is 0 Å². The number of rotatable bonds is 21. The fourth-order valence-corrected chi connectivity index (χ4v) is 645. The molecule has 0 aliphatic heterocycles. The summed E-state index contributed by atoms with van der Waals surface area (Å²) in [5.74, 6) is 0. The molecule has 0 N–H and O–H groups in total. The van der Waals surface area contributed by atoms with Gasteiger partial charge in [-0.2, -0.15) is 0 Å². The Hall–Kier alpha value is 19.8. The van der Waals surface area contributed by atoms with E-state index in [1.807, 2.05) is 0 Å². The molecule has 0 aromatic rings. The Morgan fingerprint density at radius 3 is 0.391 bits per heavy atom. The van der Waals surface area contributed by atoms with Crippen LogP contribution in [0.3, 0.4) is 0 Å². The van der Waals surface area contributed by atoms with E-state index in [2.05, 4.69) is 214 Å². The summed E-state index contributed by atoms with van der Waals surface area (Å²) in [4.78, 5) is 0. The van der Waals surface area contributed by atoms with Gasteiger partial charge < -0.3 is 0 Å². The molecule has 0 saturated carbocycles. The zero-order chi connectivity index (χ0) is 36.7. The first-order chi connectivity index (χ1) is 20.9. The van der Waals surface area contributed by atoms with Gasteiger partial charge in [-0.15, -0.1) is 196 Å². The molecule has 0 fully saturated rings. The largest absolute Gasteiger partial charge is 0.102 e. The van der Waals surface area contributed by atoms with E-state index in [1.54, 1.807) is 0 Å². The molecule has 0 aromatic heterocycles. The molecule has 0 heterocycles. The molecule has 46 heavy (non-hydrogen) atoms. The summed E-state index contributed by atoms with van der Waals surface area (Å²) in [6, 6.07) is 0. The van der Waals surface area contributed by atoms with Crippen LogP contribution in [0.4, 0.5) is 0 Å². The third-order valence-electron chi connectivity index (χ3n) is 3.89. The molecule has 0 aliphatic carbocycles. The quantitative estimate of drug-likeness (QED) is 0.101. The second-order valence-corrected chi connectivity index (χ2v) is 194. The molecule has 46 heteroatoms. The predicted octanol–water partition coefficient (Wildman–Crippen LogP) is 27.3. The van der Waals surface area contributed by atoms with E-state index in [1.165, 1.54) is 0 Å². The second kappa shape index (κ2) is 35.8. The van der Waals surface area contributed by atoms with E-state index >= 15 is 0 Å². The molecule has 0 amide bonds. The lowest BCUT2D eigenvalue weighted by molar-refractivity contribution is 4.36. The second-order valence-electron chi connectivity index (χ2n) is 7.18. The topological polar surface area (TPSA) is 0 Å². The molecule has 0 rings (SSSR count). The van der Waals surface area contributed by atoms with Crippen LogP contribution >= 0.6 is 368 Å². The van der Waals surface area contributed by atoms with Gasteiger partial charge in [0.25, 0.3) is 0 Å². The highest BCUT2D eigenvalue weighted by Gasteiger charge is 2.57. The Labute approximate surface area is 363 Å². The highest BCUT2D eigenvalue weighted by atomic mass is 33.6. The fraction of sp³-hybridized carbons (Fsp3) is 0. The van der Waals surface area contributed by atoms with E-state index in [9.17, 15) is 0 Å². The number of hydrogen-bond acceptors (Lipinski definition) is 0. The highest BCUT2D eigenvalue weighted by molar-refractivity contribution is 9.51. The van der Waals surface area contributed by atoms with Crippen molar-refractivity contribution in [1.29, 1.82) is 0 Å². The number of hydrogen-bond donors (Lipinski definition) is 0. The van der Waals surface area contributed by atoms with Crippen LogP contribution in [0.15, 0.2) is 0 Å². The smallest absolute Gasteiger partial charge is 0.0000153 e. The molecule has 0 saturated heterocycles. The van der Waals surface area contributed by atoms with Gasteiger partial charge in [-0.25, -0.2) is 0 Å². The monoisotopic (exact) mass is 1470 g/mol. The van der Waals surface area contributed by atoms with Gasteiger partial charge in [0.05, 0.1) is 0 Å². The third-order valence-corrected chi connectivity index (χ3v) is 315. The summed E-state index contributed by atoms with van der Waals surface area (Å²) in [7, 11) is 84.4. The predicted molar refractivity (Wildman–Crippen MR) is 382 cm³/mol. The van der Waals surface area contributed by atoms with E-state index in [-0.39, 0.29) is 154 Å². The van der Waals surface area contributed by atoms with Crippen LogP contribution in [0.25, 0.3) is 0 Å². The van der Waals surface area contributed by atoms with Crippen LogP contribution in [0.1, 0.15) is 0 Å². The minimum absolute atomic E-state index is 0.116. The summed E-state index contributed by atoms with van der Waals surface area (Å²) >= 11 is 0. The van der Waals surface area contributed by atoms with Crippen molar-refractivity contribution in [2.45, 2.75) is 0 Å². The Morgan fingerprint density at radius 2 is 0.283 bits per heavy atom. The minimum atomic E-state index is -0.390. The van der Waals surface area contributed by atoms with Crippen molar-refractivity contribution < 1.29 is 0 Å². The molecule has 0 bridgehead atoms. The maximum Gasteiger partial charge on any atom is -0.0000153 e. The SMILES string of the molecule is [PH]P([PH])P(P(P)P)P(P(P(P)P)P(P)P)P(P(P(P(P)P)P(P)P)P(P(P)P)P(P)P)P(P(P(P)P)P(P)P)P(P(P)P)P(P)P. The Bertz CT molecular complexity index is 561. The lowest BCUT2D eigenvalue weighted by Crippen LogP contribution is -1.70. The van der Waals surface area contributed by atoms with E-state index < -0.39 is 0 Å². The van der Waals surface area contributed by atoms with Crippen molar-refractivity contribution in [2.75, 3.05) is 0 Å². The molecule has 2 radical (unpaired) electrons. The Kier molecular flexibility index (Phi) is 51.2. The first-order valence-electron chi connectivity index (χ1n) is 10.3. The van der Waals surface area contributed by atoms with Gasteiger partial charge >= 0.3 is 0 Å². The maximum atomic E-state index is 4.44. The van der Waals surface area contributed by atoms with Gasteiger partial charge in [-0.1, -0.05) is 17.9 Å². The lowest BCUT2D eigenvalue weighted by atomic mass is 28.4. The summed E-state index contributed by atoms with van der Waals surface area (Å²) in [6.45, 7) is -3.87. The summed E-state index contributed by atoms with van der Waals surface area (Å²) in [5, 5.41) is 0. The molecule has 0 aliphatic rings. The van der Waals surface area contributed by atoms with Crippen LogP contribution < -0.4 is 0 Å². The van der Waals surface area contributed by atoms with Gasteiger partial charge in [0.1, 0.15) is 0 Å². The molecule has 24 unspecified atom stereocenters. The van der Waals surface area contributed by atoms with Crippen LogP contribution in [0, 0.1) is 0 Å². The Balaban J connectivity index is 9.13. The third kappa shape index (κ3) is 23.3. The standard InChI is InChI=1S/H46P46/c1-25(2)37(26(3)4)43(38(27(5)6)28(7)8)46(44(39(29(9)10)30(11)12)40(31(13)14)32(15)16)45(41(33(17)18)34(19)20)42(35(21)22)36(23)24/h1-2H,3-24H2. The maximum absolute atomic E-state index is 4.44. The van der Waals surface area contributed by atoms with Gasteiger partial charge in [-0.05, 0) is 154 Å². The molecule has 0 nitrogen and oxygen atoms in total. The average Bonchev–Trinajstić information content (AvgIpc) is 2.81. The van der Waals surface area contributed by atoms with Crippen LogP contribution in [-0.4, -0.2) is 0 Å². The van der Waals surface area contributed by atoms with E-state index in [0.717, 1.165) is 0 Å². The van der Waals surface area contributed by atoms with Crippen molar-refractivity contribution in [3.8, 4) is 0 Å². The van der Waals surface area contributed by atoms with E-state index in [4.69, 9.17) is 0 Å². The van der Waals surface area contributed by atoms with Gasteiger partial charge in [0.15, 0.2) is 0 Å². The zero-order valence-corrected chi connectivity index (χ0v) is 70.6. The van der Waals surface area contributed by atoms with Crippen molar-refractivity contribution in [3.63, 3.8) is 0 Å². The van der Waals surface area contributed by atoms with Crippen molar-refractivity contribution in [3.05, 3.63) is 0 Å². The van der Waals surface area contributed by atoms with E-state index in [0.29, 0.717) is 0 Å². The molecule has 0 spiro atoms. The summed E-state index contributed by atoms with van der Waals surface area (Å²) in [5.41, 5.74) is 0. The lowest BCUT2D eigenvalue weighted by Gasteiger charge is -2.57.